The molecule has 0 radical (unpaired) electrons. The fourth-order valence-corrected chi connectivity index (χ4v) is 1.83. The van der Waals surface area contributed by atoms with E-state index in [0.29, 0.717) is 5.69 Å². The average Bonchev–Trinajstić information content (AvgIpc) is 2.82. The summed E-state index contributed by atoms with van der Waals surface area (Å²) in [5, 5.41) is 17.6. The van der Waals surface area contributed by atoms with E-state index in [1.165, 1.54) is 0 Å². The number of aromatic nitrogens is 4. The van der Waals surface area contributed by atoms with Crippen LogP contribution in [-0.2, 0) is 0 Å². The van der Waals surface area contributed by atoms with Crippen LogP contribution in [-0.4, -0.2) is 25.1 Å². The van der Waals surface area contributed by atoms with Crippen LogP contribution in [0, 0.1) is 0 Å². The summed E-state index contributed by atoms with van der Waals surface area (Å²) in [5.74, 6) is 0. The topological polar surface area (TPSA) is 63.8 Å². The molecule has 0 unspecified atom stereocenters. The molecule has 1 atom stereocenters. The average molecular weight is 240 g/mol. The lowest BCUT2D eigenvalue weighted by atomic mass is 10.2. The molecule has 2 aromatic heterocycles. The standard InChI is InChI=1S/C13H12N4O/c1-9(18)11-7-6-10(8-14-11)17-13-5-3-2-4-12(13)15-16-17/h2-9,18H,1H3/t9-/m0/s1. The predicted octanol–water partition coefficient (Wildman–Crippen LogP) is 1.87. The van der Waals surface area contributed by atoms with Crippen LogP contribution >= 0.6 is 0 Å². The number of pyridine rings is 1. The molecule has 2 heterocycles. The quantitative estimate of drug-likeness (QED) is 0.742. The van der Waals surface area contributed by atoms with Crippen molar-refractivity contribution in [2.45, 2.75) is 13.0 Å². The maximum Gasteiger partial charge on any atom is 0.113 e. The number of rotatable bonds is 2. The molecule has 0 saturated heterocycles. The van der Waals surface area contributed by atoms with Gasteiger partial charge in [0, 0.05) is 0 Å². The first-order valence-corrected chi connectivity index (χ1v) is 5.70. The Bertz CT molecular complexity index is 673. The first-order valence-electron chi connectivity index (χ1n) is 5.70. The predicted molar refractivity (Wildman–Crippen MR) is 67.3 cm³/mol. The van der Waals surface area contributed by atoms with Crippen molar-refractivity contribution in [1.29, 1.82) is 0 Å². The second-order valence-corrected chi connectivity index (χ2v) is 4.11. The summed E-state index contributed by atoms with van der Waals surface area (Å²) in [4.78, 5) is 4.20. The Labute approximate surface area is 104 Å². The number of benzene rings is 1. The molecule has 0 saturated carbocycles. The number of para-hydroxylation sites is 1. The SMILES string of the molecule is C[C@H](O)c1ccc(-n2nnc3ccccc32)cn1. The summed E-state index contributed by atoms with van der Waals surface area (Å²) in [5.41, 5.74) is 3.25. The number of nitrogens with zero attached hydrogens (tertiary/aromatic N) is 4. The van der Waals surface area contributed by atoms with E-state index in [1.54, 1.807) is 23.9 Å². The first kappa shape index (κ1) is 10.9. The molecule has 0 aliphatic carbocycles. The van der Waals surface area contributed by atoms with Crippen LogP contribution in [0.3, 0.4) is 0 Å². The van der Waals surface area contributed by atoms with E-state index in [4.69, 9.17) is 0 Å². The van der Waals surface area contributed by atoms with E-state index in [-0.39, 0.29) is 0 Å². The molecule has 0 bridgehead atoms. The number of aliphatic hydroxyl groups is 1. The van der Waals surface area contributed by atoms with Crippen molar-refractivity contribution in [2.75, 3.05) is 0 Å². The van der Waals surface area contributed by atoms with Gasteiger partial charge in [-0.05, 0) is 31.2 Å². The van der Waals surface area contributed by atoms with Crippen LogP contribution in [0.4, 0.5) is 0 Å². The second-order valence-electron chi connectivity index (χ2n) is 4.11. The zero-order valence-electron chi connectivity index (χ0n) is 9.85. The van der Waals surface area contributed by atoms with Crippen molar-refractivity contribution < 1.29 is 5.11 Å². The smallest absolute Gasteiger partial charge is 0.113 e. The van der Waals surface area contributed by atoms with Gasteiger partial charge in [-0.2, -0.15) is 0 Å². The fourth-order valence-electron chi connectivity index (χ4n) is 1.83. The molecule has 0 aliphatic rings. The van der Waals surface area contributed by atoms with Crippen LogP contribution in [0.25, 0.3) is 16.7 Å². The van der Waals surface area contributed by atoms with Crippen molar-refractivity contribution in [2.24, 2.45) is 0 Å². The third kappa shape index (κ3) is 1.74. The van der Waals surface area contributed by atoms with E-state index in [0.717, 1.165) is 16.7 Å². The van der Waals surface area contributed by atoms with Gasteiger partial charge in [0.15, 0.2) is 0 Å². The first-order chi connectivity index (χ1) is 8.75. The normalized spacial score (nSPS) is 12.8. The summed E-state index contributed by atoms with van der Waals surface area (Å²) >= 11 is 0. The Kier molecular flexibility index (Phi) is 2.53. The maximum absolute atomic E-state index is 9.42. The van der Waals surface area contributed by atoms with Crippen molar-refractivity contribution in [3.05, 3.63) is 48.3 Å². The minimum absolute atomic E-state index is 0.563. The lowest BCUT2D eigenvalue weighted by molar-refractivity contribution is 0.194. The Hall–Kier alpha value is -2.27. The molecular weight excluding hydrogens is 228 g/mol. The summed E-state index contributed by atoms with van der Waals surface area (Å²) in [6.45, 7) is 1.69. The van der Waals surface area contributed by atoms with Gasteiger partial charge in [-0.1, -0.05) is 17.3 Å². The third-order valence-corrected chi connectivity index (χ3v) is 2.80. The molecule has 0 amide bonds. The molecule has 5 heteroatoms. The highest BCUT2D eigenvalue weighted by molar-refractivity contribution is 5.75. The van der Waals surface area contributed by atoms with Gasteiger partial charge in [-0.3, -0.25) is 4.98 Å². The van der Waals surface area contributed by atoms with Gasteiger partial charge in [0.1, 0.15) is 5.52 Å². The van der Waals surface area contributed by atoms with E-state index in [1.807, 2.05) is 30.3 Å². The molecule has 1 N–H and O–H groups in total. The number of fused-ring (bicyclic) bond motifs is 1. The molecule has 0 spiro atoms. The van der Waals surface area contributed by atoms with Crippen LogP contribution in [0.15, 0.2) is 42.6 Å². The Morgan fingerprint density at radius 2 is 2.00 bits per heavy atom. The van der Waals surface area contributed by atoms with Gasteiger partial charge in [0.25, 0.3) is 0 Å². The van der Waals surface area contributed by atoms with Crippen LogP contribution < -0.4 is 0 Å². The van der Waals surface area contributed by atoms with E-state index in [9.17, 15) is 5.11 Å². The van der Waals surface area contributed by atoms with Crippen molar-refractivity contribution in [3.8, 4) is 5.69 Å². The Balaban J connectivity index is 2.09. The zero-order chi connectivity index (χ0) is 12.5. The van der Waals surface area contributed by atoms with Gasteiger partial charge in [-0.25, -0.2) is 4.68 Å². The van der Waals surface area contributed by atoms with Gasteiger partial charge in [0.2, 0.25) is 0 Å². The lowest BCUT2D eigenvalue weighted by Crippen LogP contribution is -2.00. The fraction of sp³-hybridized carbons (Fsp3) is 0.154. The highest BCUT2D eigenvalue weighted by Crippen LogP contribution is 2.16. The van der Waals surface area contributed by atoms with Crippen LogP contribution in [0.1, 0.15) is 18.7 Å². The molecule has 0 fully saturated rings. The molecule has 0 aliphatic heterocycles. The summed E-state index contributed by atoms with van der Waals surface area (Å²) in [6.07, 6.45) is 1.12. The molecule has 18 heavy (non-hydrogen) atoms. The summed E-state index contributed by atoms with van der Waals surface area (Å²) in [7, 11) is 0. The Morgan fingerprint density at radius 1 is 1.17 bits per heavy atom. The highest BCUT2D eigenvalue weighted by Gasteiger charge is 2.07. The van der Waals surface area contributed by atoms with Gasteiger partial charge in [0.05, 0.1) is 29.2 Å². The minimum Gasteiger partial charge on any atom is -0.387 e. The van der Waals surface area contributed by atoms with E-state index >= 15 is 0 Å². The maximum atomic E-state index is 9.42. The highest BCUT2D eigenvalue weighted by atomic mass is 16.3. The van der Waals surface area contributed by atoms with E-state index < -0.39 is 6.10 Å². The molecule has 3 rings (SSSR count). The van der Waals surface area contributed by atoms with Crippen LogP contribution in [0.5, 0.6) is 0 Å². The van der Waals surface area contributed by atoms with Gasteiger partial charge < -0.3 is 5.11 Å². The molecule has 5 nitrogen and oxygen atoms in total. The van der Waals surface area contributed by atoms with Gasteiger partial charge >= 0.3 is 0 Å². The molecule has 3 aromatic rings. The van der Waals surface area contributed by atoms with E-state index in [2.05, 4.69) is 15.3 Å². The minimum atomic E-state index is -0.563. The molecular formula is C13H12N4O. The number of hydrogen-bond donors (Lipinski definition) is 1. The van der Waals surface area contributed by atoms with Crippen molar-refractivity contribution in [1.82, 2.24) is 20.0 Å². The largest absolute Gasteiger partial charge is 0.387 e. The number of aliphatic hydroxyl groups excluding tert-OH is 1. The molecule has 90 valence electrons. The third-order valence-electron chi connectivity index (χ3n) is 2.80. The number of hydrogen-bond acceptors (Lipinski definition) is 4. The monoisotopic (exact) mass is 240 g/mol. The zero-order valence-corrected chi connectivity index (χ0v) is 9.85. The Morgan fingerprint density at radius 3 is 2.72 bits per heavy atom. The summed E-state index contributed by atoms with van der Waals surface area (Å²) < 4.78 is 1.73. The van der Waals surface area contributed by atoms with Crippen molar-refractivity contribution >= 4 is 11.0 Å². The lowest BCUT2D eigenvalue weighted by Gasteiger charge is -2.05. The van der Waals surface area contributed by atoms with Crippen molar-refractivity contribution in [3.63, 3.8) is 0 Å². The van der Waals surface area contributed by atoms with Gasteiger partial charge in [-0.15, -0.1) is 5.10 Å². The molecule has 1 aromatic carbocycles. The second kappa shape index (κ2) is 4.19. The summed E-state index contributed by atoms with van der Waals surface area (Å²) in [6, 6.07) is 11.4. The van der Waals surface area contributed by atoms with Crippen LogP contribution in [0.2, 0.25) is 0 Å².